The number of hydrogen-bond acceptors (Lipinski definition) is 6. The van der Waals surface area contributed by atoms with Crippen molar-refractivity contribution in [1.82, 2.24) is 25.3 Å². The number of hydrogen-bond donors (Lipinski definition) is 3. The van der Waals surface area contributed by atoms with Crippen molar-refractivity contribution < 1.29 is 4.79 Å². The van der Waals surface area contributed by atoms with E-state index in [-0.39, 0.29) is 5.91 Å². The molecule has 0 fully saturated rings. The van der Waals surface area contributed by atoms with Crippen LogP contribution in [0, 0.1) is 0 Å². The Balaban J connectivity index is 1.90. The molecule has 8 heteroatoms. The third-order valence-electron chi connectivity index (χ3n) is 3.34. The van der Waals surface area contributed by atoms with Gasteiger partial charge in [-0.2, -0.15) is 0 Å². The Morgan fingerprint density at radius 2 is 2.30 bits per heavy atom. The number of primary amides is 1. The van der Waals surface area contributed by atoms with Gasteiger partial charge in [0, 0.05) is 0 Å². The largest absolute Gasteiger partial charge is 0.368 e. The lowest BCUT2D eigenvalue weighted by Crippen LogP contribution is -2.51. The van der Waals surface area contributed by atoms with Gasteiger partial charge in [0.25, 0.3) is 0 Å². The van der Waals surface area contributed by atoms with Crippen molar-refractivity contribution in [3.63, 3.8) is 0 Å². The predicted molar refractivity (Wildman–Crippen MR) is 78.3 cm³/mol. The maximum absolute atomic E-state index is 11.4. The van der Waals surface area contributed by atoms with E-state index < -0.39 is 5.54 Å². The molecule has 1 atom stereocenters. The summed E-state index contributed by atoms with van der Waals surface area (Å²) in [6.45, 7) is 1.82. The second-order valence-corrected chi connectivity index (χ2v) is 5.76. The van der Waals surface area contributed by atoms with Crippen LogP contribution in [0.5, 0.6) is 0 Å². The minimum Gasteiger partial charge on any atom is -0.368 e. The summed E-state index contributed by atoms with van der Waals surface area (Å²) >= 11 is 1.62. The number of nitrogens with one attached hydrogen (secondary N) is 2. The molecule has 0 aliphatic rings. The number of H-pyrrole nitrogens is 1. The van der Waals surface area contributed by atoms with Crippen molar-refractivity contribution in [3.05, 3.63) is 12.7 Å². The Hall–Kier alpha value is -1.67. The zero-order valence-corrected chi connectivity index (χ0v) is 12.3. The lowest BCUT2D eigenvalue weighted by atomic mass is 9.96. The van der Waals surface area contributed by atoms with Crippen molar-refractivity contribution in [1.29, 1.82) is 0 Å². The fourth-order valence-corrected chi connectivity index (χ4v) is 2.72. The molecule has 2 heterocycles. The number of rotatable bonds is 7. The molecule has 0 spiro atoms. The molecule has 0 aliphatic heterocycles. The molecule has 108 valence electrons. The summed E-state index contributed by atoms with van der Waals surface area (Å²) in [5, 5.41) is 3.85. The van der Waals surface area contributed by atoms with E-state index in [9.17, 15) is 4.79 Å². The fraction of sp³-hybridized carbons (Fsp3) is 0.500. The number of likely N-dealkylation sites (N-methyl/N-ethyl adjacent to an activating group) is 1. The summed E-state index contributed by atoms with van der Waals surface area (Å²) in [4.78, 5) is 26.8. The van der Waals surface area contributed by atoms with Crippen molar-refractivity contribution in [2.75, 3.05) is 12.8 Å². The number of carbonyl (C=O) groups is 1. The average Bonchev–Trinajstić information content (AvgIpc) is 2.92. The highest BCUT2D eigenvalue weighted by Gasteiger charge is 2.27. The Labute approximate surface area is 121 Å². The molecule has 0 bridgehead atoms. The molecular weight excluding hydrogens is 276 g/mol. The second-order valence-electron chi connectivity index (χ2n) is 4.68. The Kier molecular flexibility index (Phi) is 4.56. The third kappa shape index (κ3) is 3.07. The van der Waals surface area contributed by atoms with Gasteiger partial charge in [-0.05, 0) is 32.6 Å². The maximum atomic E-state index is 11.4. The van der Waals surface area contributed by atoms with E-state index in [2.05, 4.69) is 25.3 Å². The molecule has 20 heavy (non-hydrogen) atoms. The molecule has 2 aromatic rings. The van der Waals surface area contributed by atoms with Crippen LogP contribution in [0.4, 0.5) is 0 Å². The summed E-state index contributed by atoms with van der Waals surface area (Å²) in [6.07, 6.45) is 4.65. The van der Waals surface area contributed by atoms with Crippen molar-refractivity contribution >= 4 is 28.8 Å². The van der Waals surface area contributed by atoms with Crippen LogP contribution in [0.3, 0.4) is 0 Å². The number of imidazole rings is 1. The van der Waals surface area contributed by atoms with Crippen LogP contribution in [-0.2, 0) is 4.79 Å². The zero-order chi connectivity index (χ0) is 14.6. The van der Waals surface area contributed by atoms with Gasteiger partial charge in [-0.3, -0.25) is 4.79 Å². The Morgan fingerprint density at radius 3 is 3.00 bits per heavy atom. The normalized spacial score (nSPS) is 14.3. The number of thioether (sulfide) groups is 1. The number of aromatic amines is 1. The second kappa shape index (κ2) is 6.19. The Bertz CT molecular complexity index is 600. The smallest absolute Gasteiger partial charge is 0.237 e. The highest BCUT2D eigenvalue weighted by Crippen LogP contribution is 2.24. The molecule has 1 amide bonds. The quantitative estimate of drug-likeness (QED) is 0.394. The van der Waals surface area contributed by atoms with Crippen LogP contribution in [0.2, 0.25) is 0 Å². The van der Waals surface area contributed by atoms with E-state index in [1.54, 1.807) is 25.1 Å². The molecule has 0 saturated carbocycles. The van der Waals surface area contributed by atoms with Gasteiger partial charge in [0.2, 0.25) is 5.91 Å². The van der Waals surface area contributed by atoms with Crippen LogP contribution >= 0.6 is 11.8 Å². The fourth-order valence-electron chi connectivity index (χ4n) is 1.82. The lowest BCUT2D eigenvalue weighted by molar-refractivity contribution is -0.123. The van der Waals surface area contributed by atoms with Gasteiger partial charge >= 0.3 is 0 Å². The SMILES string of the molecule is CNC(C)(CCCSc1ncnc2nc[nH]c12)C(N)=O. The summed E-state index contributed by atoms with van der Waals surface area (Å²) < 4.78 is 0. The van der Waals surface area contributed by atoms with Gasteiger partial charge in [-0.1, -0.05) is 0 Å². The van der Waals surface area contributed by atoms with Crippen LogP contribution in [0.15, 0.2) is 17.7 Å². The van der Waals surface area contributed by atoms with Crippen LogP contribution in [0.25, 0.3) is 11.2 Å². The van der Waals surface area contributed by atoms with E-state index >= 15 is 0 Å². The number of amides is 1. The summed E-state index contributed by atoms with van der Waals surface area (Å²) in [7, 11) is 1.75. The topological polar surface area (TPSA) is 110 Å². The predicted octanol–water partition coefficient (Wildman–Crippen LogP) is 0.689. The van der Waals surface area contributed by atoms with Gasteiger partial charge < -0.3 is 16.0 Å². The number of fused-ring (bicyclic) bond motifs is 1. The van der Waals surface area contributed by atoms with E-state index in [4.69, 9.17) is 5.73 Å². The molecule has 2 rings (SSSR count). The van der Waals surface area contributed by atoms with E-state index in [1.165, 1.54) is 6.33 Å². The monoisotopic (exact) mass is 294 g/mol. The highest BCUT2D eigenvalue weighted by atomic mass is 32.2. The molecule has 0 radical (unpaired) electrons. The molecule has 0 saturated heterocycles. The van der Waals surface area contributed by atoms with Crippen LogP contribution in [0.1, 0.15) is 19.8 Å². The standard InChI is InChI=1S/C12H18N6OS/c1-12(14-2,11(13)19)4-3-5-20-10-8-9(16-6-15-8)17-7-18-10/h6-7,14H,3-5H2,1-2H3,(H2,13,19)(H,15,16,17,18). The summed E-state index contributed by atoms with van der Waals surface area (Å²) in [6, 6.07) is 0. The van der Waals surface area contributed by atoms with Gasteiger partial charge in [-0.25, -0.2) is 15.0 Å². The van der Waals surface area contributed by atoms with Gasteiger partial charge in [0.15, 0.2) is 5.65 Å². The number of nitrogens with two attached hydrogens (primary N) is 1. The first-order valence-corrected chi connectivity index (χ1v) is 7.31. The minimum absolute atomic E-state index is 0.331. The molecule has 4 N–H and O–H groups in total. The van der Waals surface area contributed by atoms with E-state index in [0.717, 1.165) is 22.7 Å². The van der Waals surface area contributed by atoms with Gasteiger partial charge in [0.1, 0.15) is 16.9 Å². The number of carbonyl (C=O) groups excluding carboxylic acids is 1. The first-order valence-electron chi connectivity index (χ1n) is 6.32. The molecule has 0 aromatic carbocycles. The average molecular weight is 294 g/mol. The Morgan fingerprint density at radius 1 is 1.50 bits per heavy atom. The van der Waals surface area contributed by atoms with E-state index in [0.29, 0.717) is 12.1 Å². The highest BCUT2D eigenvalue weighted by molar-refractivity contribution is 7.99. The van der Waals surface area contributed by atoms with Crippen molar-refractivity contribution in [2.24, 2.45) is 5.73 Å². The van der Waals surface area contributed by atoms with Crippen LogP contribution in [-0.4, -0.2) is 44.2 Å². The number of aromatic nitrogens is 4. The first kappa shape index (κ1) is 14.7. The molecule has 7 nitrogen and oxygen atoms in total. The molecule has 0 aliphatic carbocycles. The number of nitrogens with zero attached hydrogens (tertiary/aromatic N) is 3. The van der Waals surface area contributed by atoms with E-state index in [1.807, 2.05) is 6.92 Å². The molecule has 2 aromatic heterocycles. The molecule has 1 unspecified atom stereocenters. The van der Waals surface area contributed by atoms with Crippen LogP contribution < -0.4 is 11.1 Å². The maximum Gasteiger partial charge on any atom is 0.237 e. The van der Waals surface area contributed by atoms with Crippen molar-refractivity contribution in [2.45, 2.75) is 30.3 Å². The summed E-state index contributed by atoms with van der Waals surface area (Å²) in [5.74, 6) is 0.512. The van der Waals surface area contributed by atoms with Gasteiger partial charge in [0.05, 0.1) is 11.9 Å². The molecular formula is C12H18N6OS. The van der Waals surface area contributed by atoms with Crippen molar-refractivity contribution in [3.8, 4) is 0 Å². The zero-order valence-electron chi connectivity index (χ0n) is 11.5. The first-order chi connectivity index (χ1) is 9.57. The minimum atomic E-state index is -0.657. The third-order valence-corrected chi connectivity index (χ3v) is 4.42. The lowest BCUT2D eigenvalue weighted by Gasteiger charge is -2.25. The van der Waals surface area contributed by atoms with Gasteiger partial charge in [-0.15, -0.1) is 11.8 Å². The summed E-state index contributed by atoms with van der Waals surface area (Å²) in [5.41, 5.74) is 6.25.